The zero-order chi connectivity index (χ0) is 26.3. The van der Waals surface area contributed by atoms with Gasteiger partial charge in [0, 0.05) is 23.3 Å². The van der Waals surface area contributed by atoms with Crippen LogP contribution in [-0.2, 0) is 15.7 Å². The molecule has 1 heterocycles. The van der Waals surface area contributed by atoms with Gasteiger partial charge in [0.25, 0.3) is 0 Å². The highest BCUT2D eigenvalue weighted by Crippen LogP contribution is 2.32. The molecule has 0 radical (unpaired) electrons. The van der Waals surface area contributed by atoms with Gasteiger partial charge in [-0.2, -0.15) is 13.2 Å². The molecule has 190 valence electrons. The number of carbonyl (C=O) groups is 2. The van der Waals surface area contributed by atoms with Gasteiger partial charge in [-0.25, -0.2) is 19.7 Å². The van der Waals surface area contributed by atoms with Crippen molar-refractivity contribution < 1.29 is 27.5 Å². The maximum atomic E-state index is 13.0. The van der Waals surface area contributed by atoms with Crippen LogP contribution in [0.1, 0.15) is 18.9 Å². The van der Waals surface area contributed by atoms with E-state index in [9.17, 15) is 22.8 Å². The minimum Gasteiger partial charge on any atom is -0.449 e. The molecule has 0 fully saturated rings. The van der Waals surface area contributed by atoms with Gasteiger partial charge in [0.1, 0.15) is 0 Å². The Morgan fingerprint density at radius 3 is 2.53 bits per heavy atom. The van der Waals surface area contributed by atoms with Crippen molar-refractivity contribution in [2.24, 2.45) is 5.73 Å². The Morgan fingerprint density at radius 1 is 1.17 bits per heavy atom. The first-order valence-corrected chi connectivity index (χ1v) is 11.2. The molecule has 8 nitrogen and oxygen atoms in total. The van der Waals surface area contributed by atoms with Crippen molar-refractivity contribution in [3.05, 3.63) is 71.4 Å². The fourth-order valence-corrected chi connectivity index (χ4v) is 3.23. The topological polar surface area (TPSA) is 110 Å². The largest absolute Gasteiger partial charge is 0.449 e. The number of aromatic nitrogens is 2. The summed E-state index contributed by atoms with van der Waals surface area (Å²) in [6, 6.07) is 11.7. The normalized spacial score (nSPS) is 12.1. The van der Waals surface area contributed by atoms with Gasteiger partial charge in [-0.05, 0) is 55.8 Å². The lowest BCUT2D eigenvalue weighted by Crippen LogP contribution is -2.39. The van der Waals surface area contributed by atoms with E-state index in [1.165, 1.54) is 13.1 Å². The summed E-state index contributed by atoms with van der Waals surface area (Å²) in [5.41, 5.74) is 5.75. The fraction of sp³-hybridized carbons (Fsp3) is 0.250. The van der Waals surface area contributed by atoms with Crippen molar-refractivity contribution in [1.82, 2.24) is 15.3 Å². The molecule has 0 spiro atoms. The number of hydrogen-bond acceptors (Lipinski definition) is 6. The Hall–Kier alpha value is -3.70. The maximum absolute atomic E-state index is 13.0. The van der Waals surface area contributed by atoms with Gasteiger partial charge in [0.15, 0.2) is 0 Å². The zero-order valence-corrected chi connectivity index (χ0v) is 19.9. The number of nitrogens with zero attached hydrogens (tertiary/aromatic N) is 3. The van der Waals surface area contributed by atoms with Crippen LogP contribution in [0, 0.1) is 0 Å². The van der Waals surface area contributed by atoms with Crippen LogP contribution in [0.5, 0.6) is 0 Å². The van der Waals surface area contributed by atoms with E-state index in [-0.39, 0.29) is 37.1 Å². The molecule has 0 aliphatic carbocycles. The van der Waals surface area contributed by atoms with E-state index in [0.717, 1.165) is 29.2 Å². The van der Waals surface area contributed by atoms with E-state index in [1.807, 2.05) is 0 Å². The van der Waals surface area contributed by atoms with Gasteiger partial charge in [-0.15, -0.1) is 0 Å². The molecule has 3 N–H and O–H groups in total. The predicted octanol–water partition coefficient (Wildman–Crippen LogP) is 4.94. The lowest BCUT2D eigenvalue weighted by Gasteiger charge is -2.21. The SMILES string of the molecule is C[C@@H](N)C(=O)NCCCOC(=O)N(c1ccc(C(F)(F)F)cc1)c1nccc(-c2cccc(Cl)c2)n1. The summed E-state index contributed by atoms with van der Waals surface area (Å²) in [6.07, 6.45) is -3.75. The standard InChI is InChI=1S/C24H23ClF3N5O3/c1-15(29)21(34)30-11-3-13-36-23(35)33(19-8-6-17(7-9-19)24(26,27)28)22-31-12-10-20(32-22)16-4-2-5-18(25)14-16/h2,4-10,12,14-15H,3,11,13,29H2,1H3,(H,30,34)/t15-/m1/s1. The summed E-state index contributed by atoms with van der Waals surface area (Å²) >= 11 is 6.06. The number of ether oxygens (including phenoxy) is 1. The van der Waals surface area contributed by atoms with Crippen LogP contribution < -0.4 is 16.0 Å². The first kappa shape index (κ1) is 26.9. The molecule has 0 aliphatic rings. The van der Waals surface area contributed by atoms with Gasteiger partial charge < -0.3 is 15.8 Å². The molecule has 0 aliphatic heterocycles. The molecule has 3 rings (SSSR count). The van der Waals surface area contributed by atoms with Gasteiger partial charge in [0.05, 0.1) is 29.6 Å². The highest BCUT2D eigenvalue weighted by molar-refractivity contribution is 6.30. The van der Waals surface area contributed by atoms with Crippen LogP contribution in [-0.4, -0.2) is 41.2 Å². The molecule has 1 aromatic heterocycles. The first-order valence-electron chi connectivity index (χ1n) is 10.8. The van der Waals surface area contributed by atoms with Crippen molar-refractivity contribution in [3.8, 4) is 11.3 Å². The Labute approximate surface area is 210 Å². The van der Waals surface area contributed by atoms with E-state index < -0.39 is 23.9 Å². The van der Waals surface area contributed by atoms with Crippen LogP contribution in [0.2, 0.25) is 5.02 Å². The molecule has 0 saturated heterocycles. The molecule has 36 heavy (non-hydrogen) atoms. The second-order valence-corrected chi connectivity index (χ2v) is 8.12. The van der Waals surface area contributed by atoms with Crippen molar-refractivity contribution in [3.63, 3.8) is 0 Å². The third kappa shape index (κ3) is 7.15. The highest BCUT2D eigenvalue weighted by Gasteiger charge is 2.31. The van der Waals surface area contributed by atoms with Crippen LogP contribution >= 0.6 is 11.6 Å². The summed E-state index contributed by atoms with van der Waals surface area (Å²) < 4.78 is 44.4. The summed E-state index contributed by atoms with van der Waals surface area (Å²) in [6.45, 7) is 1.67. The molecular weight excluding hydrogens is 499 g/mol. The Morgan fingerprint density at radius 2 is 1.89 bits per heavy atom. The van der Waals surface area contributed by atoms with E-state index in [4.69, 9.17) is 22.1 Å². The van der Waals surface area contributed by atoms with Crippen LogP contribution in [0.25, 0.3) is 11.3 Å². The average Bonchev–Trinajstić information content (AvgIpc) is 2.84. The molecule has 12 heteroatoms. The van der Waals surface area contributed by atoms with Gasteiger partial charge in [0.2, 0.25) is 11.9 Å². The summed E-state index contributed by atoms with van der Waals surface area (Å²) in [4.78, 5) is 34.0. The number of rotatable bonds is 8. The highest BCUT2D eigenvalue weighted by atomic mass is 35.5. The van der Waals surface area contributed by atoms with E-state index in [0.29, 0.717) is 16.3 Å². The maximum Gasteiger partial charge on any atom is 0.421 e. The van der Waals surface area contributed by atoms with Gasteiger partial charge in [-0.1, -0.05) is 23.7 Å². The molecule has 3 aromatic rings. The quantitative estimate of drug-likeness (QED) is 0.406. The fourth-order valence-electron chi connectivity index (χ4n) is 3.04. The van der Waals surface area contributed by atoms with Crippen molar-refractivity contribution in [2.75, 3.05) is 18.1 Å². The molecular formula is C24H23ClF3N5O3. The zero-order valence-electron chi connectivity index (χ0n) is 19.1. The molecule has 0 saturated carbocycles. The monoisotopic (exact) mass is 521 g/mol. The number of benzene rings is 2. The third-order valence-electron chi connectivity index (χ3n) is 4.86. The lowest BCUT2D eigenvalue weighted by molar-refractivity contribution is -0.137. The van der Waals surface area contributed by atoms with E-state index in [1.54, 1.807) is 30.3 Å². The average molecular weight is 522 g/mol. The van der Waals surface area contributed by atoms with Crippen LogP contribution in [0.15, 0.2) is 60.8 Å². The predicted molar refractivity (Wildman–Crippen MR) is 129 cm³/mol. The molecule has 0 unspecified atom stereocenters. The van der Waals surface area contributed by atoms with Crippen molar-refractivity contribution in [2.45, 2.75) is 25.6 Å². The second kappa shape index (κ2) is 11.8. The summed E-state index contributed by atoms with van der Waals surface area (Å²) in [5.74, 6) is -0.457. The number of nitrogens with one attached hydrogen (secondary N) is 1. The number of anilines is 2. The Kier molecular flexibility index (Phi) is 8.83. The summed E-state index contributed by atoms with van der Waals surface area (Å²) in [7, 11) is 0. The van der Waals surface area contributed by atoms with Gasteiger partial charge in [-0.3, -0.25) is 4.79 Å². The Bertz CT molecular complexity index is 1210. The number of hydrogen-bond donors (Lipinski definition) is 2. The number of carbonyl (C=O) groups excluding carboxylic acids is 2. The van der Waals surface area contributed by atoms with Gasteiger partial charge >= 0.3 is 12.3 Å². The molecule has 2 amide bonds. The van der Waals surface area contributed by atoms with Crippen LogP contribution in [0.3, 0.4) is 0 Å². The lowest BCUT2D eigenvalue weighted by atomic mass is 10.1. The number of nitrogens with two attached hydrogens (primary N) is 1. The third-order valence-corrected chi connectivity index (χ3v) is 5.09. The first-order chi connectivity index (χ1) is 17.1. The molecule has 0 bridgehead atoms. The van der Waals surface area contributed by atoms with Crippen molar-refractivity contribution in [1.29, 1.82) is 0 Å². The number of amides is 2. The van der Waals surface area contributed by atoms with E-state index in [2.05, 4.69) is 15.3 Å². The van der Waals surface area contributed by atoms with E-state index >= 15 is 0 Å². The van der Waals surface area contributed by atoms with Crippen molar-refractivity contribution >= 4 is 35.2 Å². The summed E-state index contributed by atoms with van der Waals surface area (Å²) in [5, 5.41) is 3.06. The van der Waals surface area contributed by atoms with Crippen LogP contribution in [0.4, 0.5) is 29.6 Å². The number of halogens is 4. The molecule has 2 aromatic carbocycles. The second-order valence-electron chi connectivity index (χ2n) is 7.68. The Balaban J connectivity index is 1.85. The molecule has 1 atom stereocenters. The number of alkyl halides is 3. The smallest absolute Gasteiger partial charge is 0.421 e. The minimum absolute atomic E-state index is 0.0708. The minimum atomic E-state index is -4.54.